The molecule has 0 aliphatic carbocycles. The average Bonchev–Trinajstić information content (AvgIpc) is 2.97. The summed E-state index contributed by atoms with van der Waals surface area (Å²) in [5.74, 6) is -0.529. The minimum absolute atomic E-state index is 0.259. The summed E-state index contributed by atoms with van der Waals surface area (Å²) in [5.41, 5.74) is 8.08. The highest BCUT2D eigenvalue weighted by atomic mass is 16.1. The number of nitrogens with one attached hydrogen (secondary N) is 1. The number of rotatable bonds is 2. The number of hydrogen-bond donors (Lipinski definition) is 2. The lowest BCUT2D eigenvalue weighted by molar-refractivity contribution is 0.0996. The maximum absolute atomic E-state index is 11.0. The molecule has 3 aromatic heterocycles. The zero-order valence-electron chi connectivity index (χ0n) is 8.79. The number of aromatic amines is 1. The molecule has 0 atom stereocenters. The Morgan fingerprint density at radius 1 is 1.29 bits per heavy atom. The Morgan fingerprint density at radius 2 is 2.18 bits per heavy atom. The van der Waals surface area contributed by atoms with Crippen LogP contribution in [0, 0.1) is 0 Å². The summed E-state index contributed by atoms with van der Waals surface area (Å²) < 4.78 is 1.77. The molecule has 0 aromatic carbocycles. The van der Waals surface area contributed by atoms with E-state index >= 15 is 0 Å². The lowest BCUT2D eigenvalue weighted by Gasteiger charge is -1.98. The molecule has 0 saturated heterocycles. The van der Waals surface area contributed by atoms with Gasteiger partial charge in [-0.3, -0.25) is 9.89 Å². The lowest BCUT2D eigenvalue weighted by Crippen LogP contribution is -2.10. The van der Waals surface area contributed by atoms with E-state index in [1.54, 1.807) is 23.0 Å². The molecule has 84 valence electrons. The van der Waals surface area contributed by atoms with E-state index < -0.39 is 5.91 Å². The van der Waals surface area contributed by atoms with E-state index in [9.17, 15) is 4.79 Å². The standard InChI is InChI=1S/C11H9N5O/c12-11(17)9-6-16-5-7(1-2-10(16)15-9)8-3-13-14-4-8/h1-6H,(H2,12,17)(H,13,14). The normalized spacial score (nSPS) is 10.8. The van der Waals surface area contributed by atoms with Crippen LogP contribution in [0.5, 0.6) is 0 Å². The Balaban J connectivity index is 2.16. The van der Waals surface area contributed by atoms with E-state index in [1.165, 1.54) is 0 Å². The molecule has 1 amide bonds. The van der Waals surface area contributed by atoms with E-state index in [0.29, 0.717) is 5.65 Å². The summed E-state index contributed by atoms with van der Waals surface area (Å²) in [4.78, 5) is 15.1. The summed E-state index contributed by atoms with van der Waals surface area (Å²) in [6.45, 7) is 0. The Labute approximate surface area is 96.1 Å². The van der Waals surface area contributed by atoms with Crippen molar-refractivity contribution in [3.63, 3.8) is 0 Å². The quantitative estimate of drug-likeness (QED) is 0.679. The van der Waals surface area contributed by atoms with Crippen LogP contribution >= 0.6 is 0 Å². The van der Waals surface area contributed by atoms with Crippen molar-refractivity contribution in [1.29, 1.82) is 0 Å². The van der Waals surface area contributed by atoms with Crippen molar-refractivity contribution in [2.24, 2.45) is 5.73 Å². The van der Waals surface area contributed by atoms with E-state index in [1.807, 2.05) is 18.3 Å². The van der Waals surface area contributed by atoms with Gasteiger partial charge in [-0.2, -0.15) is 5.10 Å². The highest BCUT2D eigenvalue weighted by molar-refractivity contribution is 5.91. The number of carbonyl (C=O) groups excluding carboxylic acids is 1. The number of nitrogens with zero attached hydrogens (tertiary/aromatic N) is 3. The molecule has 0 radical (unpaired) electrons. The van der Waals surface area contributed by atoms with E-state index in [-0.39, 0.29) is 5.69 Å². The van der Waals surface area contributed by atoms with Crippen molar-refractivity contribution in [3.8, 4) is 11.1 Å². The van der Waals surface area contributed by atoms with Crippen LogP contribution in [0.2, 0.25) is 0 Å². The molecule has 0 saturated carbocycles. The van der Waals surface area contributed by atoms with Crippen molar-refractivity contribution in [2.75, 3.05) is 0 Å². The monoisotopic (exact) mass is 227 g/mol. The number of H-pyrrole nitrogens is 1. The number of carbonyl (C=O) groups is 1. The average molecular weight is 227 g/mol. The molecule has 17 heavy (non-hydrogen) atoms. The summed E-state index contributed by atoms with van der Waals surface area (Å²) in [5, 5.41) is 6.64. The molecule has 6 heteroatoms. The van der Waals surface area contributed by atoms with Crippen LogP contribution in [-0.2, 0) is 0 Å². The van der Waals surface area contributed by atoms with Gasteiger partial charge in [-0.15, -0.1) is 0 Å². The Morgan fingerprint density at radius 3 is 2.88 bits per heavy atom. The number of primary amides is 1. The highest BCUT2D eigenvalue weighted by Gasteiger charge is 2.07. The Bertz CT molecular complexity index is 683. The first-order chi connectivity index (χ1) is 8.24. The predicted octanol–water partition coefficient (Wildman–Crippen LogP) is 0.823. The molecule has 3 N–H and O–H groups in total. The third-order valence-electron chi connectivity index (χ3n) is 2.54. The Kier molecular flexibility index (Phi) is 1.94. The molecule has 3 aromatic rings. The largest absolute Gasteiger partial charge is 0.364 e. The summed E-state index contributed by atoms with van der Waals surface area (Å²) in [7, 11) is 0. The van der Waals surface area contributed by atoms with Gasteiger partial charge in [0.2, 0.25) is 0 Å². The van der Waals surface area contributed by atoms with Gasteiger partial charge in [-0.25, -0.2) is 4.98 Å². The second-order valence-electron chi connectivity index (χ2n) is 3.66. The van der Waals surface area contributed by atoms with Crippen LogP contribution < -0.4 is 5.73 Å². The van der Waals surface area contributed by atoms with Gasteiger partial charge in [-0.1, -0.05) is 0 Å². The van der Waals surface area contributed by atoms with Crippen LogP contribution in [0.15, 0.2) is 36.9 Å². The number of nitrogens with two attached hydrogens (primary N) is 1. The highest BCUT2D eigenvalue weighted by Crippen LogP contribution is 2.18. The summed E-state index contributed by atoms with van der Waals surface area (Å²) >= 11 is 0. The van der Waals surface area contributed by atoms with Crippen LogP contribution in [0.3, 0.4) is 0 Å². The molecule has 0 aliphatic rings. The fourth-order valence-electron chi connectivity index (χ4n) is 1.69. The molecular formula is C11H9N5O. The fraction of sp³-hybridized carbons (Fsp3) is 0. The first-order valence-corrected chi connectivity index (χ1v) is 5.02. The molecular weight excluding hydrogens is 218 g/mol. The van der Waals surface area contributed by atoms with Gasteiger partial charge in [0, 0.05) is 29.7 Å². The van der Waals surface area contributed by atoms with Gasteiger partial charge in [0.1, 0.15) is 11.3 Å². The van der Waals surface area contributed by atoms with Crippen LogP contribution in [-0.4, -0.2) is 25.5 Å². The zero-order valence-corrected chi connectivity index (χ0v) is 8.79. The second kappa shape index (κ2) is 3.44. The number of aromatic nitrogens is 4. The van der Waals surface area contributed by atoms with Crippen molar-refractivity contribution in [2.45, 2.75) is 0 Å². The van der Waals surface area contributed by atoms with Crippen molar-refractivity contribution < 1.29 is 4.79 Å². The third kappa shape index (κ3) is 1.55. The molecule has 0 aliphatic heterocycles. The maximum atomic E-state index is 11.0. The molecule has 3 heterocycles. The predicted molar refractivity (Wildman–Crippen MR) is 61.3 cm³/mol. The first-order valence-electron chi connectivity index (χ1n) is 5.02. The Hall–Kier alpha value is -2.63. The molecule has 0 unspecified atom stereocenters. The maximum Gasteiger partial charge on any atom is 0.268 e. The smallest absolute Gasteiger partial charge is 0.268 e. The van der Waals surface area contributed by atoms with Crippen LogP contribution in [0.1, 0.15) is 10.5 Å². The van der Waals surface area contributed by atoms with Gasteiger partial charge < -0.3 is 10.1 Å². The molecule has 0 fully saturated rings. The fourth-order valence-corrected chi connectivity index (χ4v) is 1.69. The van der Waals surface area contributed by atoms with Crippen molar-refractivity contribution >= 4 is 11.6 Å². The van der Waals surface area contributed by atoms with Crippen LogP contribution in [0.4, 0.5) is 0 Å². The van der Waals surface area contributed by atoms with Gasteiger partial charge in [-0.05, 0) is 12.1 Å². The number of pyridine rings is 1. The van der Waals surface area contributed by atoms with Gasteiger partial charge in [0.25, 0.3) is 5.91 Å². The minimum atomic E-state index is -0.529. The van der Waals surface area contributed by atoms with Crippen molar-refractivity contribution in [1.82, 2.24) is 19.6 Å². The summed E-state index contributed by atoms with van der Waals surface area (Å²) in [6.07, 6.45) is 7.01. The number of amides is 1. The SMILES string of the molecule is NC(=O)c1cn2cc(-c3cn[nH]c3)ccc2n1. The number of imidazole rings is 1. The van der Waals surface area contributed by atoms with Gasteiger partial charge in [0.05, 0.1) is 6.20 Å². The lowest BCUT2D eigenvalue weighted by atomic mass is 10.2. The molecule has 0 bridgehead atoms. The first kappa shape index (κ1) is 9.59. The van der Waals surface area contributed by atoms with Gasteiger partial charge >= 0.3 is 0 Å². The summed E-state index contributed by atoms with van der Waals surface area (Å²) in [6, 6.07) is 3.74. The van der Waals surface area contributed by atoms with E-state index in [0.717, 1.165) is 11.1 Å². The van der Waals surface area contributed by atoms with Crippen LogP contribution in [0.25, 0.3) is 16.8 Å². The third-order valence-corrected chi connectivity index (χ3v) is 2.54. The molecule has 0 spiro atoms. The molecule has 6 nitrogen and oxygen atoms in total. The second-order valence-corrected chi connectivity index (χ2v) is 3.66. The van der Waals surface area contributed by atoms with Crippen molar-refractivity contribution in [3.05, 3.63) is 42.6 Å². The number of fused-ring (bicyclic) bond motifs is 1. The van der Waals surface area contributed by atoms with E-state index in [2.05, 4.69) is 15.2 Å². The zero-order chi connectivity index (χ0) is 11.8. The minimum Gasteiger partial charge on any atom is -0.364 e. The number of hydrogen-bond acceptors (Lipinski definition) is 3. The molecule has 3 rings (SSSR count). The van der Waals surface area contributed by atoms with E-state index in [4.69, 9.17) is 5.73 Å². The van der Waals surface area contributed by atoms with Gasteiger partial charge in [0.15, 0.2) is 0 Å². The topological polar surface area (TPSA) is 89.1 Å².